The lowest BCUT2D eigenvalue weighted by molar-refractivity contribution is 0.357. The first-order valence-electron chi connectivity index (χ1n) is 6.77. The van der Waals surface area contributed by atoms with Crippen LogP contribution in [0.4, 0.5) is 5.69 Å². The summed E-state index contributed by atoms with van der Waals surface area (Å²) < 4.78 is 7.40. The number of fused-ring (bicyclic) bond motifs is 1. The second kappa shape index (κ2) is 4.96. The smallest absolute Gasteiger partial charge is 0.122 e. The molecule has 19 heavy (non-hydrogen) atoms. The van der Waals surface area contributed by atoms with Crippen molar-refractivity contribution in [3.8, 4) is 5.75 Å². The fourth-order valence-corrected chi connectivity index (χ4v) is 2.52. The highest BCUT2D eigenvalue weighted by atomic mass is 16.5. The van der Waals surface area contributed by atoms with E-state index in [1.165, 1.54) is 16.8 Å². The zero-order valence-electron chi connectivity index (χ0n) is 11.4. The van der Waals surface area contributed by atoms with Crippen LogP contribution in [-0.4, -0.2) is 16.4 Å². The normalized spacial score (nSPS) is 13.2. The van der Waals surface area contributed by atoms with Gasteiger partial charge >= 0.3 is 0 Å². The molecule has 2 heterocycles. The van der Waals surface area contributed by atoms with Gasteiger partial charge in [-0.15, -0.1) is 0 Å². The van der Waals surface area contributed by atoms with E-state index >= 15 is 0 Å². The van der Waals surface area contributed by atoms with Crippen LogP contribution >= 0.6 is 0 Å². The fraction of sp³-hybridized carbons (Fsp3) is 0.400. The van der Waals surface area contributed by atoms with Crippen LogP contribution in [0.1, 0.15) is 23.7 Å². The molecule has 1 aromatic heterocycles. The van der Waals surface area contributed by atoms with Gasteiger partial charge in [-0.2, -0.15) is 5.10 Å². The number of nitrogens with one attached hydrogen (secondary N) is 1. The van der Waals surface area contributed by atoms with Gasteiger partial charge in [0.25, 0.3) is 0 Å². The van der Waals surface area contributed by atoms with E-state index < -0.39 is 0 Å². The van der Waals surface area contributed by atoms with E-state index in [2.05, 4.69) is 41.7 Å². The molecule has 2 aromatic rings. The van der Waals surface area contributed by atoms with Crippen molar-refractivity contribution in [3.05, 3.63) is 41.2 Å². The third kappa shape index (κ3) is 2.43. The number of hydrogen-bond acceptors (Lipinski definition) is 3. The monoisotopic (exact) mass is 257 g/mol. The third-order valence-corrected chi connectivity index (χ3v) is 3.50. The zero-order chi connectivity index (χ0) is 13.2. The maximum absolute atomic E-state index is 5.51. The Balaban J connectivity index is 1.72. The van der Waals surface area contributed by atoms with Gasteiger partial charge in [-0.1, -0.05) is 6.92 Å². The van der Waals surface area contributed by atoms with Gasteiger partial charge in [0.2, 0.25) is 0 Å². The number of nitrogens with zero attached hydrogens (tertiary/aromatic N) is 2. The van der Waals surface area contributed by atoms with E-state index in [9.17, 15) is 0 Å². The highest BCUT2D eigenvalue weighted by molar-refractivity contribution is 5.52. The van der Waals surface area contributed by atoms with Crippen LogP contribution in [0.2, 0.25) is 0 Å². The van der Waals surface area contributed by atoms with Crippen molar-refractivity contribution in [2.75, 3.05) is 11.9 Å². The minimum Gasteiger partial charge on any atom is -0.493 e. The molecule has 0 fully saturated rings. The Bertz CT molecular complexity index is 589. The Hall–Kier alpha value is -1.97. The van der Waals surface area contributed by atoms with Gasteiger partial charge in [-0.3, -0.25) is 4.68 Å². The molecule has 0 radical (unpaired) electrons. The summed E-state index contributed by atoms with van der Waals surface area (Å²) in [6.45, 7) is 3.76. The Morgan fingerprint density at radius 2 is 2.32 bits per heavy atom. The van der Waals surface area contributed by atoms with Gasteiger partial charge in [0, 0.05) is 37.5 Å². The predicted octanol–water partition coefficient (Wildman–Crippen LogP) is 2.53. The summed E-state index contributed by atoms with van der Waals surface area (Å²) in [6.07, 6.45) is 4.07. The molecule has 0 unspecified atom stereocenters. The minimum atomic E-state index is 0.807. The van der Waals surface area contributed by atoms with E-state index in [4.69, 9.17) is 4.74 Å². The van der Waals surface area contributed by atoms with Crippen molar-refractivity contribution < 1.29 is 4.74 Å². The molecule has 0 bridgehead atoms. The van der Waals surface area contributed by atoms with E-state index in [-0.39, 0.29) is 0 Å². The number of rotatable bonds is 4. The number of hydrogen-bond donors (Lipinski definition) is 1. The molecule has 1 aliphatic rings. The lowest BCUT2D eigenvalue weighted by Gasteiger charge is -2.07. The van der Waals surface area contributed by atoms with Crippen molar-refractivity contribution in [2.24, 2.45) is 7.05 Å². The lowest BCUT2D eigenvalue weighted by Crippen LogP contribution is -2.01. The van der Waals surface area contributed by atoms with E-state index in [0.29, 0.717) is 0 Å². The summed E-state index contributed by atoms with van der Waals surface area (Å²) in [4.78, 5) is 0. The van der Waals surface area contributed by atoms with Gasteiger partial charge in [0.05, 0.1) is 12.3 Å². The maximum Gasteiger partial charge on any atom is 0.122 e. The van der Waals surface area contributed by atoms with Gasteiger partial charge in [0.15, 0.2) is 0 Å². The van der Waals surface area contributed by atoms with Crippen molar-refractivity contribution in [1.29, 1.82) is 0 Å². The number of aryl methyl sites for hydroxylation is 2. The number of aromatic nitrogens is 2. The average molecular weight is 257 g/mol. The Morgan fingerprint density at radius 3 is 3.16 bits per heavy atom. The molecule has 3 rings (SSSR count). The van der Waals surface area contributed by atoms with Gasteiger partial charge in [-0.25, -0.2) is 0 Å². The molecule has 100 valence electrons. The standard InChI is InChI=1S/C15H19N3O/c1-3-14-12(10-18(2)17-14)9-16-13-4-5-15-11(8-13)6-7-19-15/h4-5,8,10,16H,3,6-7,9H2,1-2H3. The fourth-order valence-electron chi connectivity index (χ4n) is 2.52. The number of benzene rings is 1. The molecule has 0 saturated carbocycles. The molecule has 0 spiro atoms. The first-order chi connectivity index (χ1) is 9.26. The molecular formula is C15H19N3O. The molecule has 4 nitrogen and oxygen atoms in total. The second-order valence-corrected chi connectivity index (χ2v) is 4.90. The number of ether oxygens (including phenoxy) is 1. The third-order valence-electron chi connectivity index (χ3n) is 3.50. The molecule has 0 saturated heterocycles. The van der Waals surface area contributed by atoms with Crippen LogP contribution in [0.3, 0.4) is 0 Å². The average Bonchev–Trinajstić information content (AvgIpc) is 3.01. The van der Waals surface area contributed by atoms with Crippen LogP contribution in [0.15, 0.2) is 24.4 Å². The summed E-state index contributed by atoms with van der Waals surface area (Å²) in [6, 6.07) is 6.31. The predicted molar refractivity (Wildman–Crippen MR) is 75.6 cm³/mol. The van der Waals surface area contributed by atoms with E-state index in [1.807, 2.05) is 11.7 Å². The first kappa shape index (κ1) is 12.1. The summed E-state index contributed by atoms with van der Waals surface area (Å²) >= 11 is 0. The van der Waals surface area contributed by atoms with E-state index in [0.717, 1.165) is 37.4 Å². The SMILES string of the molecule is CCc1nn(C)cc1CNc1ccc2c(c1)CCO2. The quantitative estimate of drug-likeness (QED) is 0.914. The van der Waals surface area contributed by atoms with Crippen LogP contribution in [0.25, 0.3) is 0 Å². The van der Waals surface area contributed by atoms with Crippen molar-refractivity contribution >= 4 is 5.69 Å². The van der Waals surface area contributed by atoms with Gasteiger partial charge in [0.1, 0.15) is 5.75 Å². The Kier molecular flexibility index (Phi) is 3.15. The summed E-state index contributed by atoms with van der Waals surface area (Å²) in [5.41, 5.74) is 4.88. The molecule has 1 N–H and O–H groups in total. The van der Waals surface area contributed by atoms with Gasteiger partial charge < -0.3 is 10.1 Å². The summed E-state index contributed by atoms with van der Waals surface area (Å²) in [5, 5.41) is 7.93. The largest absolute Gasteiger partial charge is 0.493 e. The Morgan fingerprint density at radius 1 is 1.42 bits per heavy atom. The summed E-state index contributed by atoms with van der Waals surface area (Å²) in [7, 11) is 1.97. The molecule has 0 atom stereocenters. The minimum absolute atomic E-state index is 0.807. The second-order valence-electron chi connectivity index (χ2n) is 4.90. The van der Waals surface area contributed by atoms with E-state index in [1.54, 1.807) is 0 Å². The van der Waals surface area contributed by atoms with Crippen LogP contribution in [0, 0.1) is 0 Å². The number of anilines is 1. The van der Waals surface area contributed by atoms with Crippen LogP contribution in [-0.2, 0) is 26.4 Å². The van der Waals surface area contributed by atoms with Crippen molar-refractivity contribution in [1.82, 2.24) is 9.78 Å². The molecule has 1 aliphatic heterocycles. The lowest BCUT2D eigenvalue weighted by atomic mass is 10.1. The summed E-state index contributed by atoms with van der Waals surface area (Å²) in [5.74, 6) is 1.03. The zero-order valence-corrected chi connectivity index (χ0v) is 11.4. The van der Waals surface area contributed by atoms with Gasteiger partial charge in [-0.05, 0) is 30.2 Å². The molecular weight excluding hydrogens is 238 g/mol. The molecule has 0 amide bonds. The topological polar surface area (TPSA) is 39.1 Å². The Labute approximate surface area is 113 Å². The van der Waals surface area contributed by atoms with Crippen molar-refractivity contribution in [2.45, 2.75) is 26.3 Å². The molecule has 1 aromatic carbocycles. The van der Waals surface area contributed by atoms with Crippen LogP contribution < -0.4 is 10.1 Å². The highest BCUT2D eigenvalue weighted by Crippen LogP contribution is 2.28. The first-order valence-corrected chi connectivity index (χ1v) is 6.77. The van der Waals surface area contributed by atoms with Crippen molar-refractivity contribution in [3.63, 3.8) is 0 Å². The highest BCUT2D eigenvalue weighted by Gasteiger charge is 2.12. The van der Waals surface area contributed by atoms with Crippen LogP contribution in [0.5, 0.6) is 5.75 Å². The molecule has 4 heteroatoms. The maximum atomic E-state index is 5.51. The molecule has 0 aliphatic carbocycles.